The zero-order valence-corrected chi connectivity index (χ0v) is 34.6. The Morgan fingerprint density at radius 2 is 1.77 bits per heavy atom. The number of nitrogens with zero attached hydrogens (tertiary/aromatic N) is 3. The van der Waals surface area contributed by atoms with Crippen LogP contribution >= 0.6 is 11.6 Å². The number of fused-ring (bicyclic) bond motifs is 1. The van der Waals surface area contributed by atoms with Crippen LogP contribution in [0.25, 0.3) is 11.3 Å². The number of hydrogen-bond donors (Lipinski definition) is 3. The molecule has 1 aliphatic heterocycles. The number of methoxy groups -OCH3 is 1. The molecule has 2 aromatic rings. The van der Waals surface area contributed by atoms with Crippen LogP contribution < -0.4 is 15.8 Å². The molecular weight excluding hydrogens is 689 g/mol. The van der Waals surface area contributed by atoms with Crippen molar-refractivity contribution in [3.63, 3.8) is 0 Å². The third-order valence-electron chi connectivity index (χ3n) is 9.23. The van der Waals surface area contributed by atoms with Gasteiger partial charge in [-0.05, 0) is 95.5 Å². The number of aromatic nitrogens is 2. The molecule has 3 unspecified atom stereocenters. The monoisotopic (exact) mass is 753 g/mol. The number of aliphatic imine (C=N–C) groups is 1. The van der Waals surface area contributed by atoms with Gasteiger partial charge in [0.05, 0.1) is 6.61 Å². The summed E-state index contributed by atoms with van der Waals surface area (Å²) in [6, 6.07) is 3.92. The maximum Gasteiger partial charge on any atom is 0.232 e. The molecule has 3 atom stereocenters. The zero-order chi connectivity index (χ0) is 40.1. The van der Waals surface area contributed by atoms with Crippen molar-refractivity contribution >= 4 is 17.3 Å². The van der Waals surface area contributed by atoms with Gasteiger partial charge in [0.1, 0.15) is 16.5 Å². The predicted octanol–water partition coefficient (Wildman–Crippen LogP) is 9.97. The molecule has 4 N–H and O–H groups in total. The third-order valence-corrected chi connectivity index (χ3v) is 9.59. The summed E-state index contributed by atoms with van der Waals surface area (Å²) in [5, 5.41) is 10.7. The smallest absolute Gasteiger partial charge is 0.232 e. The van der Waals surface area contributed by atoms with E-state index in [2.05, 4.69) is 112 Å². The van der Waals surface area contributed by atoms with E-state index < -0.39 is 5.95 Å². The molecule has 0 spiro atoms. The highest BCUT2D eigenvalue weighted by molar-refractivity contribution is 6.33. The normalized spacial score (nSPS) is 18.0. The van der Waals surface area contributed by atoms with Crippen LogP contribution in [0, 0.1) is 23.7 Å². The fraction of sp³-hybridized carbons (Fsp3) is 0.512. The summed E-state index contributed by atoms with van der Waals surface area (Å²) >= 11 is 6.40. The Kier molecular flexibility index (Phi) is 22.7. The largest absolute Gasteiger partial charge is 0.490 e. The second-order valence-corrected chi connectivity index (χ2v) is 13.2. The lowest BCUT2D eigenvalue weighted by Crippen LogP contribution is -2.24. The van der Waals surface area contributed by atoms with Crippen LogP contribution in [-0.2, 0) is 4.74 Å². The van der Waals surface area contributed by atoms with Crippen molar-refractivity contribution in [1.29, 1.82) is 0 Å². The molecule has 0 saturated heterocycles. The summed E-state index contributed by atoms with van der Waals surface area (Å²) in [6.07, 6.45) is 18.2. The Hall–Kier alpha value is -3.63. The number of nitrogens with one attached hydrogen (secondary N) is 1. The molecule has 2 saturated carbocycles. The van der Waals surface area contributed by atoms with E-state index in [1.165, 1.54) is 44.6 Å². The maximum atomic E-state index is 14.4. The number of nitrogens with two attached hydrogens (primary N) is 1. The van der Waals surface area contributed by atoms with Gasteiger partial charge in [0.15, 0.2) is 0 Å². The van der Waals surface area contributed by atoms with E-state index >= 15 is 0 Å². The highest BCUT2D eigenvalue weighted by atomic mass is 35.5. The SMILES string of the molecule is C=C.CC=C(NCC(c1cc2c(c(-c3ccnc(F)c3Cl)n1)OCC2C)C1CC1)C(/C=C\C(=N/C(=C\C)C1CC1)C(C)CC)=C/C.CN.CO.COC. The van der Waals surface area contributed by atoms with E-state index in [1.54, 1.807) is 20.3 Å². The molecule has 294 valence electrons. The molecule has 0 radical (unpaired) electrons. The van der Waals surface area contributed by atoms with Crippen LogP contribution in [0.5, 0.6) is 5.75 Å². The van der Waals surface area contributed by atoms with Gasteiger partial charge in [0.2, 0.25) is 5.95 Å². The molecule has 0 bridgehead atoms. The molecule has 2 aromatic heterocycles. The fourth-order valence-electron chi connectivity index (χ4n) is 5.92. The quantitative estimate of drug-likeness (QED) is 0.0807. The fourth-order valence-corrected chi connectivity index (χ4v) is 6.12. The topological polar surface area (TPSA) is 115 Å². The summed E-state index contributed by atoms with van der Waals surface area (Å²) < 4.78 is 24.7. The molecule has 0 amide bonds. The van der Waals surface area contributed by atoms with E-state index in [1.807, 2.05) is 0 Å². The van der Waals surface area contributed by atoms with E-state index in [-0.39, 0.29) is 16.9 Å². The first-order valence-corrected chi connectivity index (χ1v) is 19.0. The number of pyridine rings is 2. The van der Waals surface area contributed by atoms with E-state index in [9.17, 15) is 4.39 Å². The van der Waals surface area contributed by atoms with E-state index in [0.29, 0.717) is 41.4 Å². The lowest BCUT2D eigenvalue weighted by Gasteiger charge is -2.22. The van der Waals surface area contributed by atoms with Crippen LogP contribution in [0.3, 0.4) is 0 Å². The molecule has 2 aliphatic carbocycles. The van der Waals surface area contributed by atoms with Gasteiger partial charge in [0, 0.05) is 85.8 Å². The summed E-state index contributed by atoms with van der Waals surface area (Å²) in [7, 11) is 5.75. The molecule has 10 heteroatoms. The van der Waals surface area contributed by atoms with E-state index in [4.69, 9.17) is 31.4 Å². The Labute approximate surface area is 324 Å². The van der Waals surface area contributed by atoms with Gasteiger partial charge < -0.3 is 25.6 Å². The van der Waals surface area contributed by atoms with Gasteiger partial charge in [-0.3, -0.25) is 4.99 Å². The first-order valence-electron chi connectivity index (χ1n) is 18.6. The third kappa shape index (κ3) is 13.6. The summed E-state index contributed by atoms with van der Waals surface area (Å²) in [5.41, 5.74) is 12.3. The second-order valence-electron chi connectivity index (χ2n) is 12.8. The molecule has 0 aromatic carbocycles. The van der Waals surface area contributed by atoms with Gasteiger partial charge in [-0.25, -0.2) is 9.97 Å². The van der Waals surface area contributed by atoms with Crippen LogP contribution in [0.4, 0.5) is 4.39 Å². The number of aliphatic hydroxyl groups is 1. The average Bonchev–Trinajstić information content (AvgIpc) is 4.14. The summed E-state index contributed by atoms with van der Waals surface area (Å²) in [5.74, 6) is 1.97. The Morgan fingerprint density at radius 3 is 2.30 bits per heavy atom. The van der Waals surface area contributed by atoms with Gasteiger partial charge in [0.25, 0.3) is 0 Å². The van der Waals surface area contributed by atoms with Crippen LogP contribution in [0.2, 0.25) is 5.02 Å². The highest BCUT2D eigenvalue weighted by Crippen LogP contribution is 2.47. The van der Waals surface area contributed by atoms with Crippen molar-refractivity contribution in [2.45, 2.75) is 85.5 Å². The number of hydrogen-bond acceptors (Lipinski definition) is 8. The van der Waals surface area contributed by atoms with Crippen LogP contribution in [-0.4, -0.2) is 62.3 Å². The molecule has 8 nitrogen and oxygen atoms in total. The first-order chi connectivity index (χ1) is 25.7. The number of rotatable bonds is 13. The van der Waals surface area contributed by atoms with Gasteiger partial charge in [-0.2, -0.15) is 4.39 Å². The molecule has 3 heterocycles. The van der Waals surface area contributed by atoms with Crippen molar-refractivity contribution in [2.24, 2.45) is 28.5 Å². The zero-order valence-electron chi connectivity index (χ0n) is 33.8. The van der Waals surface area contributed by atoms with Crippen LogP contribution in [0.15, 0.2) is 83.8 Å². The minimum Gasteiger partial charge on any atom is -0.490 e. The second kappa shape index (κ2) is 25.4. The van der Waals surface area contributed by atoms with Crippen molar-refractivity contribution in [1.82, 2.24) is 15.3 Å². The lowest BCUT2D eigenvalue weighted by molar-refractivity contribution is 0.277. The maximum absolute atomic E-state index is 14.4. The standard InChI is InChI=1S/C37H46ClFN4O.C2H6O.C2H4.CH5N.CH4O/c1-7-22(5)32(42-31(10-4)26-13-14-26)16-15-24(8-2)30(9-3)41-20-29(25-11-12-25)33-19-28-23(6)21-44-36(28)35(43-33)27-17-18-40-37(39)34(27)38;1-3-2;3*1-2/h8-10,15-19,22-23,25-26,29,41H,7,11-14,20-21H2,1-6H3;1-2H3;1-2H2;2H2,1H3;2H,1H3/b16-15-,24-8+,30-9?,31-10-,42-32+;;;;. The Bertz CT molecular complexity index is 1560. The molecule has 3 aliphatic rings. The highest BCUT2D eigenvalue weighted by Gasteiger charge is 2.36. The van der Waals surface area contributed by atoms with Crippen molar-refractivity contribution in [2.75, 3.05) is 41.5 Å². The number of allylic oxidation sites excluding steroid dienone is 6. The lowest BCUT2D eigenvalue weighted by atomic mass is 9.93. The number of halogens is 2. The number of aliphatic hydroxyl groups excluding tert-OH is 1. The summed E-state index contributed by atoms with van der Waals surface area (Å²) in [6.45, 7) is 20.2. The van der Waals surface area contributed by atoms with Gasteiger partial charge in [-0.15, -0.1) is 13.2 Å². The van der Waals surface area contributed by atoms with Crippen molar-refractivity contribution in [3.8, 4) is 17.0 Å². The molecule has 2 fully saturated rings. The van der Waals surface area contributed by atoms with E-state index in [0.717, 1.165) is 48.3 Å². The minimum atomic E-state index is -0.697. The summed E-state index contributed by atoms with van der Waals surface area (Å²) in [4.78, 5) is 13.9. The number of ether oxygens (including phenoxy) is 2. The van der Waals surface area contributed by atoms with Crippen LogP contribution in [0.1, 0.15) is 96.7 Å². The van der Waals surface area contributed by atoms with Crippen molar-refractivity contribution in [3.05, 3.63) is 101 Å². The molecular formula is C43H65ClFN5O3. The minimum absolute atomic E-state index is 0.0247. The predicted molar refractivity (Wildman–Crippen MR) is 222 cm³/mol. The van der Waals surface area contributed by atoms with Gasteiger partial charge >= 0.3 is 0 Å². The molecule has 5 rings (SSSR count). The average molecular weight is 754 g/mol. The van der Waals surface area contributed by atoms with Crippen molar-refractivity contribution < 1.29 is 19.0 Å². The first kappa shape index (κ1) is 47.4. The Balaban J connectivity index is 0.00000144. The Morgan fingerprint density at radius 1 is 1.13 bits per heavy atom. The van der Waals surface area contributed by atoms with Gasteiger partial charge in [-0.1, -0.05) is 56.7 Å². The molecule has 53 heavy (non-hydrogen) atoms.